The first-order chi connectivity index (χ1) is 18.6. The van der Waals surface area contributed by atoms with Crippen molar-refractivity contribution in [2.24, 2.45) is 0 Å². The van der Waals surface area contributed by atoms with Crippen LogP contribution >= 0.6 is 11.6 Å². The number of anilines is 3. The molecular weight excluding hydrogens is 521 g/mol. The quantitative estimate of drug-likeness (QED) is 0.313. The summed E-state index contributed by atoms with van der Waals surface area (Å²) in [6.07, 6.45) is 4.93. The number of likely N-dealkylation sites (tertiary alicyclic amines) is 1. The van der Waals surface area contributed by atoms with Gasteiger partial charge in [-0.25, -0.2) is 14.4 Å². The van der Waals surface area contributed by atoms with Crippen LogP contribution in [0.2, 0.25) is 5.02 Å². The van der Waals surface area contributed by atoms with Crippen molar-refractivity contribution in [2.45, 2.75) is 17.5 Å². The Kier molecular flexibility index (Phi) is 8.13. The van der Waals surface area contributed by atoms with E-state index in [0.717, 1.165) is 13.1 Å². The summed E-state index contributed by atoms with van der Waals surface area (Å²) in [6.45, 7) is 3.41. The van der Waals surface area contributed by atoms with Crippen LogP contribution in [-0.2, 0) is 14.3 Å². The van der Waals surface area contributed by atoms with E-state index in [1.165, 1.54) is 24.5 Å². The molecule has 0 unspecified atom stereocenters. The fourth-order valence-corrected chi connectivity index (χ4v) is 4.76. The number of nitrogens with one attached hydrogen (secondary N) is 2. The Labute approximate surface area is 233 Å². The fraction of sp³-hybridized carbons (Fsp3) is 0.320. The van der Waals surface area contributed by atoms with E-state index < -0.39 is 11.1 Å². The molecule has 2 fully saturated rings. The van der Waals surface area contributed by atoms with Gasteiger partial charge < -0.3 is 24.8 Å². The van der Waals surface area contributed by atoms with Crippen molar-refractivity contribution in [2.75, 3.05) is 43.5 Å². The van der Waals surface area contributed by atoms with Crippen LogP contribution in [0.1, 0.15) is 0 Å². The van der Waals surface area contributed by atoms with Crippen LogP contribution in [0.4, 0.5) is 21.6 Å². The summed E-state index contributed by atoms with van der Waals surface area (Å²) in [4.78, 5) is 23.8. The maximum atomic E-state index is 13.6. The number of benzene rings is 2. The van der Waals surface area contributed by atoms with Gasteiger partial charge in [-0.3, -0.25) is 9.69 Å². The number of nitrogens with zero attached hydrogens (tertiary/aromatic N) is 3. The molecule has 2 aromatic carbocycles. The van der Waals surface area contributed by atoms with Crippen molar-refractivity contribution < 1.29 is 23.4 Å². The number of carbonyl (C=O) groups is 1. The molecule has 200 valence electrons. The van der Waals surface area contributed by atoms with Gasteiger partial charge in [0.05, 0.1) is 41.6 Å². The van der Waals surface area contributed by atoms with E-state index in [2.05, 4.69) is 25.5 Å². The van der Waals surface area contributed by atoms with Gasteiger partial charge in [0, 0.05) is 48.1 Å². The van der Waals surface area contributed by atoms with Crippen LogP contribution in [0, 0.1) is 5.82 Å². The summed E-state index contributed by atoms with van der Waals surface area (Å²) in [7, 11) is 5.78. The van der Waals surface area contributed by atoms with Crippen LogP contribution in [0.3, 0.4) is 0 Å². The highest BCUT2D eigenvalue weighted by atomic mass is 35.5. The van der Waals surface area contributed by atoms with Crippen LogP contribution in [-0.4, -0.2) is 94.7 Å². The second-order valence-corrected chi connectivity index (χ2v) is 10.9. The van der Waals surface area contributed by atoms with Gasteiger partial charge in [-0.15, -0.1) is 0 Å². The first-order valence-corrected chi connectivity index (χ1v) is 13.2. The number of fused-ring (bicyclic) bond motifs is 2. The maximum Gasteiger partial charge on any atom is 0.248 e. The number of aromatic nitrogens is 2. The second kappa shape index (κ2) is 11.6. The zero-order valence-corrected chi connectivity index (χ0v) is 22.8. The Balaban J connectivity index is 1.36. The van der Waals surface area contributed by atoms with Crippen molar-refractivity contribution in [3.05, 3.63) is 59.7 Å². The molecule has 3 aromatic rings. The van der Waals surface area contributed by atoms with Crippen molar-refractivity contribution in [1.29, 1.82) is 0 Å². The molecule has 2 N–H and O–H groups in total. The highest BCUT2D eigenvalue weighted by Crippen LogP contribution is 2.34. The first kappa shape index (κ1) is 27.5. The molecule has 0 aliphatic carbocycles. The van der Waals surface area contributed by atoms with Gasteiger partial charge in [-0.05, 0) is 24.3 Å². The molecule has 14 heteroatoms. The summed E-state index contributed by atoms with van der Waals surface area (Å²) in [6, 6.07) is 7.83. The van der Waals surface area contributed by atoms with E-state index in [9.17, 15) is 9.18 Å². The average Bonchev–Trinajstić information content (AvgIpc) is 3.29. The maximum absolute atomic E-state index is 13.6. The minimum absolute atomic E-state index is 0.00768. The number of hydrogen-bond donors (Lipinski definition) is 2. The van der Waals surface area contributed by atoms with Crippen molar-refractivity contribution in [1.82, 2.24) is 14.9 Å². The number of ether oxygens (including phenoxy) is 3. The molecule has 1 aromatic heterocycles. The largest absolute Gasteiger partial charge is 0.511 e. The van der Waals surface area contributed by atoms with Crippen molar-refractivity contribution in [3.63, 3.8) is 0 Å². The number of halogens is 2. The predicted molar refractivity (Wildman–Crippen MR) is 157 cm³/mol. The van der Waals surface area contributed by atoms with Gasteiger partial charge in [0.2, 0.25) is 5.91 Å². The fourth-order valence-electron chi connectivity index (χ4n) is 4.58. The molecule has 9 nitrogen and oxygen atoms in total. The minimum atomic E-state index is -0.515. The van der Waals surface area contributed by atoms with E-state index in [-0.39, 0.29) is 23.1 Å². The van der Waals surface area contributed by atoms with E-state index in [0.29, 0.717) is 53.6 Å². The number of hydrogen-bond acceptors (Lipinski definition) is 8. The lowest BCUT2D eigenvalue weighted by molar-refractivity contribution is -0.116. The Hall–Kier alpha value is -3.12. The van der Waals surface area contributed by atoms with Gasteiger partial charge in [0.15, 0.2) is 0 Å². The van der Waals surface area contributed by atoms with Gasteiger partial charge >= 0.3 is 0 Å². The third kappa shape index (κ3) is 6.91. The van der Waals surface area contributed by atoms with Crippen molar-refractivity contribution >= 4 is 69.1 Å². The number of amides is 1. The molecule has 0 bridgehead atoms. The zero-order valence-electron chi connectivity index (χ0n) is 22.0. The molecule has 0 radical (unpaired) electrons. The molecule has 5 rings (SSSR count). The van der Waals surface area contributed by atoms with Gasteiger partial charge in [-0.2, -0.15) is 0 Å². The molecule has 0 spiro atoms. The average molecular weight is 549 g/mol. The lowest BCUT2D eigenvalue weighted by atomic mass is 9.52. The summed E-state index contributed by atoms with van der Waals surface area (Å²) in [5.41, 5.74) is 1.63. The summed E-state index contributed by atoms with van der Waals surface area (Å²) in [5.74, 6) is 0.135. The Morgan fingerprint density at radius 3 is 2.62 bits per heavy atom. The Morgan fingerprint density at radius 2 is 1.92 bits per heavy atom. The lowest BCUT2D eigenvalue weighted by Gasteiger charge is -2.24. The first-order valence-electron chi connectivity index (χ1n) is 12.8. The van der Waals surface area contributed by atoms with Gasteiger partial charge in [0.25, 0.3) is 0 Å². The monoisotopic (exact) mass is 549 g/mol. The normalized spacial score (nSPS) is 19.7. The standard InChI is InChI=1S/C25H28B3ClFN5O4/c26-25(27,28)39-20-10-18-15(24(32-13-31-18)33-14-3-4-17(30)16(29)8-14)9-19(20)34-23(36)2-1-5-35-11-21-22(12-35)38-7-6-37-21/h1-4,8-10,13,21-22H,5-7,11-12,26-28H2,(H,34,36)(H,31,32,33)/b2-1+/t21-,22+. The molecule has 39 heavy (non-hydrogen) atoms. The third-order valence-electron chi connectivity index (χ3n) is 6.26. The van der Waals surface area contributed by atoms with Crippen molar-refractivity contribution in [3.8, 4) is 5.75 Å². The van der Waals surface area contributed by atoms with E-state index >= 15 is 0 Å². The van der Waals surface area contributed by atoms with Crippen LogP contribution in [0.5, 0.6) is 5.75 Å². The summed E-state index contributed by atoms with van der Waals surface area (Å²) < 4.78 is 31.3. The number of carbonyl (C=O) groups excluding carboxylic acids is 1. The van der Waals surface area contributed by atoms with Gasteiger partial charge in [-0.1, -0.05) is 17.7 Å². The molecule has 2 aliphatic rings. The number of rotatable bonds is 8. The zero-order chi connectivity index (χ0) is 27.6. The lowest BCUT2D eigenvalue weighted by Crippen LogP contribution is -2.37. The van der Waals surface area contributed by atoms with Crippen LogP contribution in [0.15, 0.2) is 48.8 Å². The molecule has 3 heterocycles. The molecular formula is C25H28B3ClFN5O4. The summed E-state index contributed by atoms with van der Waals surface area (Å²) >= 11 is 5.94. The Bertz CT molecular complexity index is 1400. The molecule has 2 atom stereocenters. The summed E-state index contributed by atoms with van der Waals surface area (Å²) in [5, 5.41) is 6.20. The molecule has 1 amide bonds. The van der Waals surface area contributed by atoms with E-state index in [4.69, 9.17) is 25.8 Å². The highest BCUT2D eigenvalue weighted by molar-refractivity contribution is 6.58. The SMILES string of the molecule is BC(B)(B)Oc1cc2ncnc(Nc3ccc(F)c(Cl)c3)c2cc1NC(=O)/C=C/CN1C[C@@H]2OCCO[C@@H]2C1. The van der Waals surface area contributed by atoms with E-state index in [1.807, 2.05) is 29.6 Å². The van der Waals surface area contributed by atoms with Crippen LogP contribution < -0.4 is 15.4 Å². The topological polar surface area (TPSA) is 97.8 Å². The minimum Gasteiger partial charge on any atom is -0.511 e. The predicted octanol–water partition coefficient (Wildman–Crippen LogP) is 0.650. The molecule has 0 saturated carbocycles. The van der Waals surface area contributed by atoms with Gasteiger partial charge in [0.1, 0.15) is 47.3 Å². The molecule has 2 saturated heterocycles. The van der Waals surface area contributed by atoms with E-state index in [1.54, 1.807) is 18.2 Å². The smallest absolute Gasteiger partial charge is 0.248 e. The highest BCUT2D eigenvalue weighted by Gasteiger charge is 2.35. The Morgan fingerprint density at radius 1 is 1.18 bits per heavy atom. The molecule has 2 aliphatic heterocycles. The third-order valence-corrected chi connectivity index (χ3v) is 6.55. The second-order valence-electron chi connectivity index (χ2n) is 10.5. The van der Waals surface area contributed by atoms with Crippen LogP contribution in [0.25, 0.3) is 10.9 Å².